The van der Waals surface area contributed by atoms with Crippen LogP contribution in [0.2, 0.25) is 0 Å². The normalized spacial score (nSPS) is 13.0. The summed E-state index contributed by atoms with van der Waals surface area (Å²) in [5.41, 5.74) is 4.03. The van der Waals surface area contributed by atoms with E-state index in [1.165, 1.54) is 19.2 Å². The number of nitrogens with one attached hydrogen (secondary N) is 1. The molecule has 0 fully saturated rings. The lowest BCUT2D eigenvalue weighted by molar-refractivity contribution is 0.0693. The van der Waals surface area contributed by atoms with Gasteiger partial charge in [0.15, 0.2) is 0 Å². The van der Waals surface area contributed by atoms with Gasteiger partial charge < -0.3 is 5.32 Å². The van der Waals surface area contributed by atoms with Gasteiger partial charge in [0.2, 0.25) is 0 Å². The van der Waals surface area contributed by atoms with Crippen LogP contribution < -0.4 is 5.32 Å². The SMILES string of the molecule is Cc1cc(C)n(-c2ccccc2NC(=O)c2ccc3c(c2)C(=O)N(C)C3=O)n1. The Morgan fingerprint density at radius 2 is 1.68 bits per heavy atom. The van der Waals surface area contributed by atoms with Crippen molar-refractivity contribution in [3.8, 4) is 5.69 Å². The number of carbonyl (C=O) groups is 3. The first-order valence-electron chi connectivity index (χ1n) is 8.77. The second-order valence-electron chi connectivity index (χ2n) is 6.74. The zero-order valence-electron chi connectivity index (χ0n) is 15.7. The lowest BCUT2D eigenvalue weighted by atomic mass is 10.1. The molecule has 28 heavy (non-hydrogen) atoms. The molecule has 1 aliphatic heterocycles. The van der Waals surface area contributed by atoms with Crippen LogP contribution in [-0.4, -0.2) is 39.4 Å². The highest BCUT2D eigenvalue weighted by Gasteiger charge is 2.33. The van der Waals surface area contributed by atoms with Crippen LogP contribution in [0.25, 0.3) is 5.69 Å². The standard InChI is InChI=1S/C21H18N4O3/c1-12-10-13(2)25(23-12)18-7-5-4-6-17(18)22-19(26)14-8-9-15-16(11-14)21(28)24(3)20(15)27/h4-11H,1-3H3,(H,22,26). The first-order valence-corrected chi connectivity index (χ1v) is 8.77. The lowest BCUT2D eigenvalue weighted by Gasteiger charge is -2.12. The van der Waals surface area contributed by atoms with Gasteiger partial charge in [-0.2, -0.15) is 5.10 Å². The van der Waals surface area contributed by atoms with E-state index in [1.807, 2.05) is 38.1 Å². The number of carbonyl (C=O) groups excluding carboxylic acids is 3. The summed E-state index contributed by atoms with van der Waals surface area (Å²) in [6.45, 7) is 3.85. The maximum absolute atomic E-state index is 12.8. The van der Waals surface area contributed by atoms with E-state index in [-0.39, 0.29) is 17.4 Å². The number of rotatable bonds is 3. The van der Waals surface area contributed by atoms with E-state index in [0.717, 1.165) is 22.0 Å². The maximum Gasteiger partial charge on any atom is 0.261 e. The molecule has 3 amide bonds. The number of anilines is 1. The number of hydrogen-bond acceptors (Lipinski definition) is 4. The zero-order chi connectivity index (χ0) is 20.0. The van der Waals surface area contributed by atoms with Crippen molar-refractivity contribution in [2.75, 3.05) is 12.4 Å². The summed E-state index contributed by atoms with van der Waals surface area (Å²) in [5.74, 6) is -1.13. The molecular formula is C21H18N4O3. The summed E-state index contributed by atoms with van der Waals surface area (Å²) in [6.07, 6.45) is 0. The molecule has 1 aromatic heterocycles. The zero-order valence-corrected chi connectivity index (χ0v) is 15.7. The van der Waals surface area contributed by atoms with Gasteiger partial charge >= 0.3 is 0 Å². The van der Waals surface area contributed by atoms with Gasteiger partial charge in [-0.05, 0) is 50.2 Å². The third kappa shape index (κ3) is 2.77. The minimum absolute atomic E-state index is 0.243. The van der Waals surface area contributed by atoms with Gasteiger partial charge in [0.1, 0.15) is 0 Å². The van der Waals surface area contributed by atoms with Crippen LogP contribution in [0.5, 0.6) is 0 Å². The van der Waals surface area contributed by atoms with Crippen LogP contribution in [0.1, 0.15) is 42.5 Å². The number of aromatic nitrogens is 2. The van der Waals surface area contributed by atoms with Gasteiger partial charge in [-0.1, -0.05) is 12.1 Å². The Hall–Kier alpha value is -3.74. The van der Waals surface area contributed by atoms with Crippen molar-refractivity contribution in [3.63, 3.8) is 0 Å². The predicted molar refractivity (Wildman–Crippen MR) is 104 cm³/mol. The Kier molecular flexibility index (Phi) is 4.07. The number of benzene rings is 2. The van der Waals surface area contributed by atoms with E-state index in [2.05, 4.69) is 10.4 Å². The third-order valence-electron chi connectivity index (χ3n) is 4.74. The molecule has 0 atom stereocenters. The smallest absolute Gasteiger partial charge is 0.261 e. The molecule has 2 aromatic carbocycles. The molecule has 3 aromatic rings. The maximum atomic E-state index is 12.8. The first-order chi connectivity index (χ1) is 13.4. The Labute approximate surface area is 161 Å². The minimum atomic E-state index is -0.405. The molecule has 1 N–H and O–H groups in total. The van der Waals surface area contributed by atoms with Gasteiger partial charge in [0, 0.05) is 18.3 Å². The van der Waals surface area contributed by atoms with Crippen molar-refractivity contribution in [2.45, 2.75) is 13.8 Å². The van der Waals surface area contributed by atoms with E-state index in [9.17, 15) is 14.4 Å². The van der Waals surface area contributed by atoms with Crippen molar-refractivity contribution >= 4 is 23.4 Å². The number of hydrogen-bond donors (Lipinski definition) is 1. The van der Waals surface area contributed by atoms with Crippen LogP contribution in [0, 0.1) is 13.8 Å². The fourth-order valence-electron chi connectivity index (χ4n) is 3.33. The van der Waals surface area contributed by atoms with Crippen LogP contribution in [0.15, 0.2) is 48.5 Å². The summed E-state index contributed by atoms with van der Waals surface area (Å²) in [4.78, 5) is 38.0. The molecule has 7 nitrogen and oxygen atoms in total. The highest BCUT2D eigenvalue weighted by atomic mass is 16.2. The Morgan fingerprint density at radius 3 is 2.39 bits per heavy atom. The van der Waals surface area contributed by atoms with E-state index in [1.54, 1.807) is 16.8 Å². The molecule has 0 saturated carbocycles. The van der Waals surface area contributed by atoms with Crippen molar-refractivity contribution in [1.29, 1.82) is 0 Å². The largest absolute Gasteiger partial charge is 0.320 e. The van der Waals surface area contributed by atoms with Gasteiger partial charge in [-0.3, -0.25) is 19.3 Å². The molecule has 0 bridgehead atoms. The number of amides is 3. The molecule has 0 aliphatic carbocycles. The highest BCUT2D eigenvalue weighted by molar-refractivity contribution is 6.22. The summed E-state index contributed by atoms with van der Waals surface area (Å²) in [7, 11) is 1.43. The van der Waals surface area contributed by atoms with Crippen molar-refractivity contribution in [3.05, 3.63) is 76.6 Å². The number of aryl methyl sites for hydroxylation is 2. The summed E-state index contributed by atoms with van der Waals surface area (Å²) >= 11 is 0. The topological polar surface area (TPSA) is 84.3 Å². The highest BCUT2D eigenvalue weighted by Crippen LogP contribution is 2.25. The second-order valence-corrected chi connectivity index (χ2v) is 6.74. The predicted octanol–water partition coefficient (Wildman–Crippen LogP) is 2.97. The summed E-state index contributed by atoms with van der Waals surface area (Å²) in [6, 6.07) is 13.8. The summed E-state index contributed by atoms with van der Waals surface area (Å²) < 4.78 is 1.77. The monoisotopic (exact) mass is 374 g/mol. The average Bonchev–Trinajstić information content (AvgIpc) is 3.13. The van der Waals surface area contributed by atoms with Gasteiger partial charge in [0.25, 0.3) is 17.7 Å². The number of nitrogens with zero attached hydrogens (tertiary/aromatic N) is 3. The fraction of sp³-hybridized carbons (Fsp3) is 0.143. The quantitative estimate of drug-likeness (QED) is 0.715. The molecular weight excluding hydrogens is 356 g/mol. The number of fused-ring (bicyclic) bond motifs is 1. The first kappa shape index (κ1) is 17.7. The fourth-order valence-corrected chi connectivity index (χ4v) is 3.33. The Bertz CT molecular complexity index is 1150. The lowest BCUT2D eigenvalue weighted by Crippen LogP contribution is -2.24. The van der Waals surface area contributed by atoms with Crippen molar-refractivity contribution < 1.29 is 14.4 Å². The Balaban J connectivity index is 1.67. The van der Waals surface area contributed by atoms with E-state index < -0.39 is 5.91 Å². The molecule has 0 spiro atoms. The molecule has 140 valence electrons. The molecule has 2 heterocycles. The van der Waals surface area contributed by atoms with Crippen LogP contribution in [-0.2, 0) is 0 Å². The van der Waals surface area contributed by atoms with Crippen molar-refractivity contribution in [2.24, 2.45) is 0 Å². The van der Waals surface area contributed by atoms with E-state index >= 15 is 0 Å². The van der Waals surface area contributed by atoms with Crippen LogP contribution in [0.4, 0.5) is 5.69 Å². The third-order valence-corrected chi connectivity index (χ3v) is 4.74. The molecule has 0 saturated heterocycles. The molecule has 4 rings (SSSR count). The molecule has 7 heteroatoms. The second kappa shape index (κ2) is 6.45. The number of imide groups is 1. The van der Waals surface area contributed by atoms with Crippen molar-refractivity contribution in [1.82, 2.24) is 14.7 Å². The molecule has 0 radical (unpaired) electrons. The average molecular weight is 374 g/mol. The Morgan fingerprint density at radius 1 is 0.964 bits per heavy atom. The van der Waals surface area contributed by atoms with Crippen LogP contribution in [0.3, 0.4) is 0 Å². The van der Waals surface area contributed by atoms with Gasteiger partial charge in [0.05, 0.1) is 28.2 Å². The number of para-hydroxylation sites is 2. The van der Waals surface area contributed by atoms with Gasteiger partial charge in [-0.25, -0.2) is 4.68 Å². The molecule has 0 unspecified atom stereocenters. The molecule has 1 aliphatic rings. The van der Waals surface area contributed by atoms with Crippen LogP contribution >= 0.6 is 0 Å². The van der Waals surface area contributed by atoms with E-state index in [0.29, 0.717) is 16.8 Å². The van der Waals surface area contributed by atoms with Gasteiger partial charge in [-0.15, -0.1) is 0 Å². The summed E-state index contributed by atoms with van der Waals surface area (Å²) in [5, 5.41) is 7.35. The minimum Gasteiger partial charge on any atom is -0.320 e. The van der Waals surface area contributed by atoms with E-state index in [4.69, 9.17) is 0 Å².